The van der Waals surface area contributed by atoms with Crippen molar-refractivity contribution in [2.75, 3.05) is 31.2 Å². The van der Waals surface area contributed by atoms with E-state index < -0.39 is 0 Å². The van der Waals surface area contributed by atoms with Gasteiger partial charge >= 0.3 is 0 Å². The van der Waals surface area contributed by atoms with Gasteiger partial charge in [0.25, 0.3) is 5.82 Å². The molecule has 2 rings (SSSR count). The standard InChI is InChI=1S/C11H13BrN4O/c1-14-11-10(4-8(12)6-15-11)16-2-3-17-7-9(16)5-13/h4,6,9H,2-3,5,7,13H2. The van der Waals surface area contributed by atoms with Crippen LogP contribution in [0.4, 0.5) is 11.5 Å². The fourth-order valence-corrected chi connectivity index (χ4v) is 2.21. The number of nitrogens with two attached hydrogens (primary N) is 1. The number of anilines is 1. The normalized spacial score (nSPS) is 20.1. The Hall–Kier alpha value is -1.16. The molecule has 6 heteroatoms. The first kappa shape index (κ1) is 12.3. The van der Waals surface area contributed by atoms with Gasteiger partial charge in [0.05, 0.1) is 29.4 Å². The lowest BCUT2D eigenvalue weighted by molar-refractivity contribution is 0.0963. The summed E-state index contributed by atoms with van der Waals surface area (Å²) < 4.78 is 6.26. The van der Waals surface area contributed by atoms with Crippen LogP contribution < -0.4 is 10.6 Å². The molecule has 0 aromatic carbocycles. The molecule has 0 bridgehead atoms. The third-order valence-corrected chi connectivity index (χ3v) is 3.16. The quantitative estimate of drug-likeness (QED) is 0.842. The van der Waals surface area contributed by atoms with Gasteiger partial charge in [-0.1, -0.05) is 6.57 Å². The van der Waals surface area contributed by atoms with E-state index in [1.807, 2.05) is 6.07 Å². The molecule has 1 aliphatic rings. The van der Waals surface area contributed by atoms with Crippen molar-refractivity contribution in [3.63, 3.8) is 0 Å². The Labute approximate surface area is 109 Å². The van der Waals surface area contributed by atoms with Crippen molar-refractivity contribution in [2.45, 2.75) is 6.04 Å². The summed E-state index contributed by atoms with van der Waals surface area (Å²) >= 11 is 3.38. The van der Waals surface area contributed by atoms with Crippen LogP contribution in [0.1, 0.15) is 0 Å². The number of rotatable bonds is 2. The van der Waals surface area contributed by atoms with Gasteiger partial charge in [-0.2, -0.15) is 0 Å². The molecule has 5 nitrogen and oxygen atoms in total. The van der Waals surface area contributed by atoms with E-state index in [0.29, 0.717) is 25.6 Å². The highest BCUT2D eigenvalue weighted by atomic mass is 79.9. The molecule has 1 aromatic rings. The van der Waals surface area contributed by atoms with E-state index in [-0.39, 0.29) is 6.04 Å². The largest absolute Gasteiger partial charge is 0.377 e. The second-order valence-electron chi connectivity index (χ2n) is 3.77. The SMILES string of the molecule is [C-]#[N+]c1ncc(Br)cc1N1CCOCC1CN. The first-order chi connectivity index (χ1) is 8.26. The van der Waals surface area contributed by atoms with E-state index >= 15 is 0 Å². The molecule has 1 fully saturated rings. The molecule has 2 heterocycles. The lowest BCUT2D eigenvalue weighted by Gasteiger charge is -2.37. The summed E-state index contributed by atoms with van der Waals surface area (Å²) in [6.45, 7) is 9.65. The summed E-state index contributed by atoms with van der Waals surface area (Å²) in [7, 11) is 0. The highest BCUT2D eigenvalue weighted by molar-refractivity contribution is 9.10. The van der Waals surface area contributed by atoms with Crippen LogP contribution >= 0.6 is 15.9 Å². The molecular weight excluding hydrogens is 284 g/mol. The topological polar surface area (TPSA) is 55.7 Å². The summed E-state index contributed by atoms with van der Waals surface area (Å²) in [5, 5.41) is 0. The van der Waals surface area contributed by atoms with Gasteiger partial charge in [-0.15, -0.1) is 4.98 Å². The lowest BCUT2D eigenvalue weighted by Crippen LogP contribution is -2.49. The van der Waals surface area contributed by atoms with Crippen molar-refractivity contribution in [1.82, 2.24) is 4.98 Å². The summed E-state index contributed by atoms with van der Waals surface area (Å²) in [5.74, 6) is 0.411. The van der Waals surface area contributed by atoms with Crippen LogP contribution in [0.25, 0.3) is 4.85 Å². The van der Waals surface area contributed by atoms with Crippen LogP contribution in [-0.2, 0) is 4.74 Å². The molecule has 0 radical (unpaired) electrons. The molecule has 1 atom stereocenters. The highest BCUT2D eigenvalue weighted by Crippen LogP contribution is 2.31. The van der Waals surface area contributed by atoms with E-state index in [1.165, 1.54) is 0 Å². The average molecular weight is 297 g/mol. The van der Waals surface area contributed by atoms with E-state index in [1.54, 1.807) is 6.20 Å². The Kier molecular flexibility index (Phi) is 3.94. The molecule has 0 spiro atoms. The summed E-state index contributed by atoms with van der Waals surface area (Å²) in [4.78, 5) is 9.67. The Morgan fingerprint density at radius 2 is 2.53 bits per heavy atom. The molecule has 1 unspecified atom stereocenters. The summed E-state index contributed by atoms with van der Waals surface area (Å²) in [6, 6.07) is 2.02. The smallest absolute Gasteiger partial charge is 0.292 e. The fourth-order valence-electron chi connectivity index (χ4n) is 1.89. The molecule has 0 amide bonds. The first-order valence-electron chi connectivity index (χ1n) is 5.33. The van der Waals surface area contributed by atoms with Crippen LogP contribution in [-0.4, -0.2) is 37.3 Å². The minimum Gasteiger partial charge on any atom is -0.377 e. The van der Waals surface area contributed by atoms with Gasteiger partial charge in [-0.05, 0) is 22.0 Å². The van der Waals surface area contributed by atoms with Gasteiger partial charge < -0.3 is 20.2 Å². The van der Waals surface area contributed by atoms with Crippen molar-refractivity contribution in [1.29, 1.82) is 0 Å². The zero-order valence-corrected chi connectivity index (χ0v) is 10.9. The Morgan fingerprint density at radius 3 is 3.24 bits per heavy atom. The Morgan fingerprint density at radius 1 is 1.71 bits per heavy atom. The van der Waals surface area contributed by atoms with E-state index in [9.17, 15) is 0 Å². The zero-order valence-electron chi connectivity index (χ0n) is 9.27. The maximum atomic E-state index is 7.15. The fraction of sp³-hybridized carbons (Fsp3) is 0.455. The molecule has 0 aliphatic carbocycles. The van der Waals surface area contributed by atoms with Gasteiger partial charge in [0, 0.05) is 13.1 Å². The monoisotopic (exact) mass is 296 g/mol. The third kappa shape index (κ3) is 2.57. The van der Waals surface area contributed by atoms with Crippen molar-refractivity contribution in [3.05, 3.63) is 28.2 Å². The van der Waals surface area contributed by atoms with Crippen LogP contribution in [0.15, 0.2) is 16.7 Å². The molecule has 90 valence electrons. The van der Waals surface area contributed by atoms with Crippen LogP contribution in [0, 0.1) is 6.57 Å². The highest BCUT2D eigenvalue weighted by Gasteiger charge is 2.24. The maximum Gasteiger partial charge on any atom is 0.292 e. The van der Waals surface area contributed by atoms with Gasteiger partial charge in [0.1, 0.15) is 6.20 Å². The molecule has 1 saturated heterocycles. The zero-order chi connectivity index (χ0) is 12.3. The van der Waals surface area contributed by atoms with Crippen LogP contribution in [0.3, 0.4) is 0 Å². The van der Waals surface area contributed by atoms with E-state index in [4.69, 9.17) is 17.0 Å². The second-order valence-corrected chi connectivity index (χ2v) is 4.68. The lowest BCUT2D eigenvalue weighted by atomic mass is 10.2. The molecule has 0 saturated carbocycles. The summed E-state index contributed by atoms with van der Waals surface area (Å²) in [6.07, 6.45) is 1.63. The molecule has 1 aliphatic heterocycles. The van der Waals surface area contributed by atoms with Gasteiger partial charge in [-0.3, -0.25) is 0 Å². The number of hydrogen-bond acceptors (Lipinski definition) is 4. The van der Waals surface area contributed by atoms with Crippen molar-refractivity contribution in [3.8, 4) is 0 Å². The number of aromatic nitrogens is 1. The molecule has 17 heavy (non-hydrogen) atoms. The molecule has 1 aromatic heterocycles. The van der Waals surface area contributed by atoms with Crippen molar-refractivity contribution >= 4 is 27.4 Å². The number of halogens is 1. The minimum absolute atomic E-state index is 0.111. The van der Waals surface area contributed by atoms with Crippen LogP contribution in [0.2, 0.25) is 0 Å². The van der Waals surface area contributed by atoms with E-state index in [2.05, 4.69) is 30.7 Å². The Balaban J connectivity index is 2.37. The maximum absolute atomic E-state index is 7.15. The predicted octanol–water partition coefficient (Wildman–Crippen LogP) is 1.56. The van der Waals surface area contributed by atoms with Crippen molar-refractivity contribution < 1.29 is 4.74 Å². The number of pyridine rings is 1. The van der Waals surface area contributed by atoms with Crippen molar-refractivity contribution in [2.24, 2.45) is 5.73 Å². The van der Waals surface area contributed by atoms with Gasteiger partial charge in [-0.25, -0.2) is 0 Å². The van der Waals surface area contributed by atoms with Gasteiger partial charge in [0.2, 0.25) is 0 Å². The molecule has 2 N–H and O–H groups in total. The third-order valence-electron chi connectivity index (χ3n) is 2.73. The minimum atomic E-state index is 0.111. The first-order valence-corrected chi connectivity index (χ1v) is 6.13. The number of ether oxygens (including phenoxy) is 1. The summed E-state index contributed by atoms with van der Waals surface area (Å²) in [5.41, 5.74) is 6.56. The van der Waals surface area contributed by atoms with Gasteiger partial charge in [0.15, 0.2) is 0 Å². The predicted molar refractivity (Wildman–Crippen MR) is 69.2 cm³/mol. The van der Waals surface area contributed by atoms with Crippen LogP contribution in [0.5, 0.6) is 0 Å². The van der Waals surface area contributed by atoms with E-state index in [0.717, 1.165) is 16.7 Å². The number of nitrogens with zero attached hydrogens (tertiary/aromatic N) is 3. The number of hydrogen-bond donors (Lipinski definition) is 1. The average Bonchev–Trinajstić information content (AvgIpc) is 2.38. The second kappa shape index (κ2) is 5.45. The Bertz CT molecular complexity index is 446. The number of morpholine rings is 1. The molecular formula is C11H13BrN4O.